The van der Waals surface area contributed by atoms with Crippen molar-refractivity contribution in [2.24, 2.45) is 0 Å². The molecule has 0 radical (unpaired) electrons. The molecule has 23 heavy (non-hydrogen) atoms. The SMILES string of the molecule is O=C(Nc1ccc(Cl)c(C(F)(F)F)c1)[C@H]1Cc2ccccc2O1. The zero-order chi connectivity index (χ0) is 16.6. The molecule has 1 aliphatic heterocycles. The van der Waals surface area contributed by atoms with E-state index in [0.29, 0.717) is 12.2 Å². The number of anilines is 1. The first kappa shape index (κ1) is 15.7. The summed E-state index contributed by atoms with van der Waals surface area (Å²) in [6.45, 7) is 0. The summed E-state index contributed by atoms with van der Waals surface area (Å²) in [5.41, 5.74) is -0.0846. The predicted molar refractivity (Wildman–Crippen MR) is 79.6 cm³/mol. The van der Waals surface area contributed by atoms with Gasteiger partial charge in [0.1, 0.15) is 5.75 Å². The van der Waals surface area contributed by atoms with Gasteiger partial charge in [-0.25, -0.2) is 0 Å². The molecule has 2 aromatic rings. The van der Waals surface area contributed by atoms with Crippen molar-refractivity contribution in [3.8, 4) is 5.75 Å². The smallest absolute Gasteiger partial charge is 0.417 e. The third-order valence-electron chi connectivity index (χ3n) is 3.48. The highest BCUT2D eigenvalue weighted by molar-refractivity contribution is 6.31. The summed E-state index contributed by atoms with van der Waals surface area (Å²) < 4.78 is 44.0. The molecule has 0 unspecified atom stereocenters. The molecule has 1 N–H and O–H groups in total. The quantitative estimate of drug-likeness (QED) is 0.884. The third kappa shape index (κ3) is 3.27. The van der Waals surface area contributed by atoms with Crippen LogP contribution in [0.15, 0.2) is 42.5 Å². The van der Waals surface area contributed by atoms with Crippen LogP contribution in [0.4, 0.5) is 18.9 Å². The molecule has 120 valence electrons. The number of ether oxygens (including phenoxy) is 1. The number of hydrogen-bond acceptors (Lipinski definition) is 2. The van der Waals surface area contributed by atoms with Crippen LogP contribution in [-0.2, 0) is 17.4 Å². The van der Waals surface area contributed by atoms with Gasteiger partial charge in [-0.05, 0) is 29.8 Å². The molecular weight excluding hydrogens is 331 g/mol. The van der Waals surface area contributed by atoms with Crippen molar-refractivity contribution in [2.75, 3.05) is 5.32 Å². The van der Waals surface area contributed by atoms with E-state index in [-0.39, 0.29) is 5.69 Å². The summed E-state index contributed by atoms with van der Waals surface area (Å²) in [6, 6.07) is 10.4. The lowest BCUT2D eigenvalue weighted by atomic mass is 10.1. The van der Waals surface area contributed by atoms with Gasteiger partial charge < -0.3 is 10.1 Å². The van der Waals surface area contributed by atoms with Crippen molar-refractivity contribution in [1.82, 2.24) is 0 Å². The zero-order valence-corrected chi connectivity index (χ0v) is 12.4. The largest absolute Gasteiger partial charge is 0.480 e. The number of carbonyl (C=O) groups excluding carboxylic acids is 1. The predicted octanol–water partition coefficient (Wildman–Crippen LogP) is 4.30. The molecule has 7 heteroatoms. The molecule has 1 amide bonds. The van der Waals surface area contributed by atoms with Gasteiger partial charge in [0.25, 0.3) is 5.91 Å². The Bertz CT molecular complexity index is 736. The van der Waals surface area contributed by atoms with Crippen molar-refractivity contribution >= 4 is 23.2 Å². The van der Waals surface area contributed by atoms with Crippen molar-refractivity contribution in [1.29, 1.82) is 0 Å². The number of amides is 1. The topological polar surface area (TPSA) is 38.3 Å². The Morgan fingerprint density at radius 1 is 1.22 bits per heavy atom. The number of para-hydroxylation sites is 1. The number of nitrogens with one attached hydrogen (secondary N) is 1. The van der Waals surface area contributed by atoms with Gasteiger partial charge in [-0.3, -0.25) is 4.79 Å². The van der Waals surface area contributed by atoms with Gasteiger partial charge in [0.2, 0.25) is 0 Å². The first-order chi connectivity index (χ1) is 10.8. The molecular formula is C16H11ClF3NO2. The summed E-state index contributed by atoms with van der Waals surface area (Å²) in [5, 5.41) is 2.02. The van der Waals surface area contributed by atoms with Crippen LogP contribution >= 0.6 is 11.6 Å². The van der Waals surface area contributed by atoms with Crippen LogP contribution in [-0.4, -0.2) is 12.0 Å². The minimum atomic E-state index is -4.59. The minimum absolute atomic E-state index is 0.0197. The summed E-state index contributed by atoms with van der Waals surface area (Å²) >= 11 is 5.55. The number of rotatable bonds is 2. The number of carbonyl (C=O) groups is 1. The Kier molecular flexibility index (Phi) is 3.93. The van der Waals surface area contributed by atoms with Crippen LogP contribution in [0, 0.1) is 0 Å². The maximum absolute atomic E-state index is 12.8. The highest BCUT2D eigenvalue weighted by Crippen LogP contribution is 2.36. The summed E-state index contributed by atoms with van der Waals surface area (Å²) in [7, 11) is 0. The van der Waals surface area contributed by atoms with Crippen molar-refractivity contribution in [2.45, 2.75) is 18.7 Å². The molecule has 0 fully saturated rings. The molecule has 0 saturated carbocycles. The molecule has 0 saturated heterocycles. The Morgan fingerprint density at radius 2 is 1.96 bits per heavy atom. The lowest BCUT2D eigenvalue weighted by Crippen LogP contribution is -2.31. The maximum Gasteiger partial charge on any atom is 0.417 e. The van der Waals surface area contributed by atoms with Crippen LogP contribution in [0.2, 0.25) is 5.02 Å². The Hall–Kier alpha value is -2.21. The number of hydrogen-bond donors (Lipinski definition) is 1. The number of alkyl halides is 3. The van der Waals surface area contributed by atoms with Gasteiger partial charge in [0.05, 0.1) is 10.6 Å². The van der Waals surface area contributed by atoms with Gasteiger partial charge in [0.15, 0.2) is 6.10 Å². The second kappa shape index (κ2) is 5.77. The maximum atomic E-state index is 12.8. The van der Waals surface area contributed by atoms with Gasteiger partial charge >= 0.3 is 6.18 Å². The van der Waals surface area contributed by atoms with Crippen molar-refractivity contribution in [3.63, 3.8) is 0 Å². The zero-order valence-electron chi connectivity index (χ0n) is 11.7. The summed E-state index contributed by atoms with van der Waals surface area (Å²) in [6.07, 6.45) is -4.97. The number of fused-ring (bicyclic) bond motifs is 1. The van der Waals surface area contributed by atoms with Gasteiger partial charge in [-0.15, -0.1) is 0 Å². The van der Waals surface area contributed by atoms with Gasteiger partial charge in [-0.2, -0.15) is 13.2 Å². The van der Waals surface area contributed by atoms with Crippen LogP contribution in [0.3, 0.4) is 0 Å². The standard InChI is InChI=1S/C16H11ClF3NO2/c17-12-6-5-10(8-11(12)16(18,19)20)21-15(22)14-7-9-3-1-2-4-13(9)23-14/h1-6,8,14H,7H2,(H,21,22)/t14-/m1/s1. The van der Waals surface area contributed by atoms with Crippen LogP contribution in [0.1, 0.15) is 11.1 Å². The van der Waals surface area contributed by atoms with Crippen LogP contribution < -0.4 is 10.1 Å². The van der Waals surface area contributed by atoms with E-state index in [4.69, 9.17) is 16.3 Å². The lowest BCUT2D eigenvalue weighted by molar-refractivity contribution is -0.137. The third-order valence-corrected chi connectivity index (χ3v) is 3.81. The fourth-order valence-corrected chi connectivity index (χ4v) is 2.60. The Labute approximate surface area is 135 Å². The van der Waals surface area contributed by atoms with E-state index in [1.54, 1.807) is 12.1 Å². The van der Waals surface area contributed by atoms with Crippen molar-refractivity contribution < 1.29 is 22.7 Å². The Balaban J connectivity index is 1.75. The fraction of sp³-hybridized carbons (Fsp3) is 0.188. The molecule has 0 bridgehead atoms. The molecule has 0 spiro atoms. The van der Waals surface area contributed by atoms with E-state index in [0.717, 1.165) is 17.7 Å². The van der Waals surface area contributed by atoms with Crippen molar-refractivity contribution in [3.05, 3.63) is 58.6 Å². The van der Waals surface area contributed by atoms with E-state index < -0.39 is 28.8 Å². The second-order valence-electron chi connectivity index (χ2n) is 5.10. The molecule has 1 heterocycles. The van der Waals surface area contributed by atoms with E-state index in [2.05, 4.69) is 5.32 Å². The highest BCUT2D eigenvalue weighted by Gasteiger charge is 2.34. The summed E-state index contributed by atoms with van der Waals surface area (Å²) in [5.74, 6) is 0.108. The minimum Gasteiger partial charge on any atom is -0.480 e. The molecule has 0 aromatic heterocycles. The van der Waals surface area contributed by atoms with Crippen LogP contribution in [0.5, 0.6) is 5.75 Å². The average molecular weight is 342 g/mol. The number of benzene rings is 2. The first-order valence-electron chi connectivity index (χ1n) is 6.77. The second-order valence-corrected chi connectivity index (χ2v) is 5.51. The molecule has 3 nitrogen and oxygen atoms in total. The number of halogens is 4. The Morgan fingerprint density at radius 3 is 2.65 bits per heavy atom. The van der Waals surface area contributed by atoms with E-state index in [1.807, 2.05) is 12.1 Å². The molecule has 1 aliphatic rings. The van der Waals surface area contributed by atoms with E-state index in [1.165, 1.54) is 6.07 Å². The van der Waals surface area contributed by atoms with E-state index >= 15 is 0 Å². The highest BCUT2D eigenvalue weighted by atomic mass is 35.5. The normalized spacial score (nSPS) is 16.6. The monoisotopic (exact) mass is 341 g/mol. The molecule has 2 aromatic carbocycles. The first-order valence-corrected chi connectivity index (χ1v) is 7.14. The molecule has 0 aliphatic carbocycles. The van der Waals surface area contributed by atoms with Gasteiger partial charge in [-0.1, -0.05) is 29.8 Å². The fourth-order valence-electron chi connectivity index (χ4n) is 2.37. The average Bonchev–Trinajstić information content (AvgIpc) is 2.92. The van der Waals surface area contributed by atoms with Crippen LogP contribution in [0.25, 0.3) is 0 Å². The summed E-state index contributed by atoms with van der Waals surface area (Å²) in [4.78, 5) is 12.2. The van der Waals surface area contributed by atoms with E-state index in [9.17, 15) is 18.0 Å². The molecule has 3 rings (SSSR count). The van der Waals surface area contributed by atoms with Gasteiger partial charge in [0, 0.05) is 12.1 Å². The molecule has 1 atom stereocenters. The lowest BCUT2D eigenvalue weighted by Gasteiger charge is -2.14.